The van der Waals surface area contributed by atoms with Crippen molar-refractivity contribution in [2.24, 2.45) is 0 Å². The van der Waals surface area contributed by atoms with Crippen LogP contribution in [-0.4, -0.2) is 33.0 Å². The summed E-state index contributed by atoms with van der Waals surface area (Å²) in [4.78, 5) is 12.1. The number of hydrogen-bond donors (Lipinski definition) is 1. The summed E-state index contributed by atoms with van der Waals surface area (Å²) in [5, 5.41) is 11.6. The molecule has 0 aliphatic heterocycles. The van der Waals surface area contributed by atoms with Gasteiger partial charge in [0.2, 0.25) is 5.91 Å². The van der Waals surface area contributed by atoms with Gasteiger partial charge < -0.3 is 9.88 Å². The molecule has 5 nitrogen and oxygen atoms in total. The first-order valence-electron chi connectivity index (χ1n) is 6.97. The number of nitrogens with one attached hydrogen (secondary N) is 1. The Kier molecular flexibility index (Phi) is 5.38. The van der Waals surface area contributed by atoms with Gasteiger partial charge in [0.25, 0.3) is 0 Å². The Morgan fingerprint density at radius 3 is 2.67 bits per heavy atom. The van der Waals surface area contributed by atoms with Crippen molar-refractivity contribution in [2.75, 3.05) is 7.05 Å². The molecule has 0 saturated carbocycles. The molecule has 1 heterocycles. The van der Waals surface area contributed by atoms with Crippen LogP contribution in [0.15, 0.2) is 35.5 Å². The fraction of sp³-hybridized carbons (Fsp3) is 0.400. The molecule has 1 aromatic heterocycles. The van der Waals surface area contributed by atoms with Gasteiger partial charge in [-0.05, 0) is 25.8 Å². The molecular formula is C15H20N4OS. The van der Waals surface area contributed by atoms with Crippen molar-refractivity contribution < 1.29 is 4.79 Å². The van der Waals surface area contributed by atoms with E-state index in [0.29, 0.717) is 6.42 Å². The van der Waals surface area contributed by atoms with E-state index in [2.05, 4.69) is 15.5 Å². The first-order chi connectivity index (χ1) is 10.2. The summed E-state index contributed by atoms with van der Waals surface area (Å²) in [5.74, 6) is 0.877. The van der Waals surface area contributed by atoms with Crippen LogP contribution in [0, 0.1) is 6.92 Å². The number of thioether (sulfide) groups is 1. The molecule has 1 atom stereocenters. The van der Waals surface area contributed by atoms with Crippen LogP contribution in [0.25, 0.3) is 0 Å². The summed E-state index contributed by atoms with van der Waals surface area (Å²) in [6.07, 6.45) is 0.667. The molecule has 1 unspecified atom stereocenters. The zero-order valence-corrected chi connectivity index (χ0v) is 13.4. The first-order valence-corrected chi connectivity index (χ1v) is 7.85. The van der Waals surface area contributed by atoms with Gasteiger partial charge in [-0.2, -0.15) is 0 Å². The van der Waals surface area contributed by atoms with Crippen molar-refractivity contribution in [3.05, 3.63) is 41.7 Å². The standard InChI is InChI=1S/C15H20N4OS/c1-4-19-11(2)17-18-15(19)21-13(14(20)16-3)10-12-8-6-5-7-9-12/h5-9,13H,4,10H2,1-3H3,(H,16,20). The van der Waals surface area contributed by atoms with E-state index in [1.807, 2.05) is 48.7 Å². The molecule has 0 fully saturated rings. The highest BCUT2D eigenvalue weighted by Crippen LogP contribution is 2.25. The third-order valence-corrected chi connectivity index (χ3v) is 4.45. The normalized spacial score (nSPS) is 12.1. The quantitative estimate of drug-likeness (QED) is 0.830. The van der Waals surface area contributed by atoms with Gasteiger partial charge in [-0.15, -0.1) is 10.2 Å². The van der Waals surface area contributed by atoms with Gasteiger partial charge in [0.05, 0.1) is 5.25 Å². The van der Waals surface area contributed by atoms with Gasteiger partial charge >= 0.3 is 0 Å². The summed E-state index contributed by atoms with van der Waals surface area (Å²) in [6, 6.07) is 10.0. The minimum absolute atomic E-state index is 0.00663. The second-order valence-electron chi connectivity index (χ2n) is 4.68. The second-order valence-corrected chi connectivity index (χ2v) is 5.85. The smallest absolute Gasteiger partial charge is 0.233 e. The molecule has 0 spiro atoms. The lowest BCUT2D eigenvalue weighted by atomic mass is 10.1. The molecule has 21 heavy (non-hydrogen) atoms. The van der Waals surface area contributed by atoms with Crippen LogP contribution in [0.5, 0.6) is 0 Å². The third-order valence-electron chi connectivity index (χ3n) is 3.27. The Hall–Kier alpha value is -1.82. The minimum atomic E-state index is -0.216. The minimum Gasteiger partial charge on any atom is -0.358 e. The van der Waals surface area contributed by atoms with Crippen LogP contribution in [0.4, 0.5) is 0 Å². The van der Waals surface area contributed by atoms with Gasteiger partial charge in [0, 0.05) is 13.6 Å². The summed E-state index contributed by atoms with van der Waals surface area (Å²) in [7, 11) is 1.66. The predicted octanol–water partition coefficient (Wildman–Crippen LogP) is 2.06. The summed E-state index contributed by atoms with van der Waals surface area (Å²) < 4.78 is 2.02. The van der Waals surface area contributed by atoms with Crippen LogP contribution in [0.2, 0.25) is 0 Å². The number of aryl methyl sites for hydroxylation is 1. The molecule has 112 valence electrons. The van der Waals surface area contributed by atoms with Crippen molar-refractivity contribution in [1.82, 2.24) is 20.1 Å². The lowest BCUT2D eigenvalue weighted by Crippen LogP contribution is -2.31. The highest BCUT2D eigenvalue weighted by atomic mass is 32.2. The van der Waals surface area contributed by atoms with Crippen molar-refractivity contribution >= 4 is 17.7 Å². The molecule has 0 aliphatic rings. The van der Waals surface area contributed by atoms with Gasteiger partial charge in [0.15, 0.2) is 5.16 Å². The van der Waals surface area contributed by atoms with Crippen LogP contribution in [0.3, 0.4) is 0 Å². The molecule has 2 aromatic rings. The molecule has 0 aliphatic carbocycles. The first kappa shape index (κ1) is 15.6. The van der Waals surface area contributed by atoms with E-state index in [1.54, 1.807) is 7.05 Å². The number of benzene rings is 1. The average Bonchev–Trinajstić information content (AvgIpc) is 2.86. The Morgan fingerprint density at radius 2 is 2.05 bits per heavy atom. The maximum atomic E-state index is 12.1. The van der Waals surface area contributed by atoms with E-state index in [9.17, 15) is 4.79 Å². The topological polar surface area (TPSA) is 59.8 Å². The summed E-state index contributed by atoms with van der Waals surface area (Å²) in [5.41, 5.74) is 1.14. The monoisotopic (exact) mass is 304 g/mol. The Morgan fingerprint density at radius 1 is 1.33 bits per heavy atom. The zero-order valence-electron chi connectivity index (χ0n) is 12.5. The lowest BCUT2D eigenvalue weighted by molar-refractivity contribution is -0.120. The number of nitrogens with zero attached hydrogens (tertiary/aromatic N) is 3. The van der Waals surface area contributed by atoms with Gasteiger partial charge in [-0.25, -0.2) is 0 Å². The fourth-order valence-corrected chi connectivity index (χ4v) is 3.35. The van der Waals surface area contributed by atoms with Crippen LogP contribution >= 0.6 is 11.8 Å². The van der Waals surface area contributed by atoms with Crippen LogP contribution < -0.4 is 5.32 Å². The van der Waals surface area contributed by atoms with E-state index in [1.165, 1.54) is 11.8 Å². The van der Waals surface area contributed by atoms with E-state index in [4.69, 9.17) is 0 Å². The maximum absolute atomic E-state index is 12.1. The SMILES string of the molecule is CCn1c(C)nnc1SC(Cc1ccccc1)C(=O)NC. The van der Waals surface area contributed by atoms with E-state index in [0.717, 1.165) is 23.1 Å². The van der Waals surface area contributed by atoms with Crippen molar-refractivity contribution in [2.45, 2.75) is 37.2 Å². The predicted molar refractivity (Wildman–Crippen MR) is 84.3 cm³/mol. The summed E-state index contributed by atoms with van der Waals surface area (Å²) >= 11 is 1.47. The number of amides is 1. The molecular weight excluding hydrogens is 284 g/mol. The molecule has 0 bridgehead atoms. The van der Waals surface area contributed by atoms with E-state index in [-0.39, 0.29) is 11.2 Å². The lowest BCUT2D eigenvalue weighted by Gasteiger charge is -2.15. The Balaban J connectivity index is 2.18. The van der Waals surface area contributed by atoms with Crippen LogP contribution in [0.1, 0.15) is 18.3 Å². The van der Waals surface area contributed by atoms with Crippen molar-refractivity contribution in [3.8, 4) is 0 Å². The average molecular weight is 304 g/mol. The van der Waals surface area contributed by atoms with Crippen molar-refractivity contribution in [1.29, 1.82) is 0 Å². The molecule has 1 amide bonds. The molecule has 0 saturated heterocycles. The third kappa shape index (κ3) is 3.85. The Labute approximate surface area is 129 Å². The fourth-order valence-electron chi connectivity index (χ4n) is 2.12. The van der Waals surface area contributed by atoms with Crippen molar-refractivity contribution in [3.63, 3.8) is 0 Å². The second kappa shape index (κ2) is 7.26. The zero-order chi connectivity index (χ0) is 15.2. The molecule has 6 heteroatoms. The molecule has 1 N–H and O–H groups in total. The highest BCUT2D eigenvalue weighted by molar-refractivity contribution is 8.00. The highest BCUT2D eigenvalue weighted by Gasteiger charge is 2.22. The van der Waals surface area contributed by atoms with Gasteiger partial charge in [-0.3, -0.25) is 4.79 Å². The molecule has 1 aromatic carbocycles. The van der Waals surface area contributed by atoms with E-state index >= 15 is 0 Å². The number of hydrogen-bond acceptors (Lipinski definition) is 4. The van der Waals surface area contributed by atoms with E-state index < -0.39 is 0 Å². The van der Waals surface area contributed by atoms with Gasteiger partial charge in [0.1, 0.15) is 5.82 Å². The maximum Gasteiger partial charge on any atom is 0.233 e. The number of rotatable bonds is 6. The van der Waals surface area contributed by atoms with Gasteiger partial charge in [-0.1, -0.05) is 42.1 Å². The largest absolute Gasteiger partial charge is 0.358 e. The Bertz CT molecular complexity index is 597. The van der Waals surface area contributed by atoms with Crippen LogP contribution in [-0.2, 0) is 17.8 Å². The number of carbonyl (C=O) groups excluding carboxylic acids is 1. The number of carbonyl (C=O) groups is 1. The number of aromatic nitrogens is 3. The molecule has 0 radical (unpaired) electrons. The summed E-state index contributed by atoms with van der Waals surface area (Å²) in [6.45, 7) is 4.77. The molecule has 2 rings (SSSR count).